The molecular weight excluding hydrogens is 238 g/mol. The second-order valence-corrected chi connectivity index (χ2v) is 5.44. The third kappa shape index (κ3) is 3.13. The number of carbonyl (C=O) groups is 1. The van der Waals surface area contributed by atoms with E-state index in [9.17, 15) is 4.79 Å². The van der Waals surface area contributed by atoms with Gasteiger partial charge in [0, 0.05) is 19.8 Å². The van der Waals surface area contributed by atoms with Crippen LogP contribution in [0.2, 0.25) is 0 Å². The Morgan fingerprint density at radius 2 is 2.37 bits per heavy atom. The molecule has 1 aromatic heterocycles. The number of pyridine rings is 1. The molecule has 104 valence electrons. The highest BCUT2D eigenvalue weighted by molar-refractivity contribution is 5.83. The molecule has 1 N–H and O–H groups in total. The number of amides is 1. The summed E-state index contributed by atoms with van der Waals surface area (Å²) in [6, 6.07) is 5.81. The molecule has 1 atom stereocenters. The van der Waals surface area contributed by atoms with E-state index < -0.39 is 0 Å². The molecule has 1 amide bonds. The van der Waals surface area contributed by atoms with Gasteiger partial charge in [0.05, 0.1) is 17.7 Å². The van der Waals surface area contributed by atoms with E-state index >= 15 is 0 Å². The predicted octanol–water partition coefficient (Wildman–Crippen LogP) is 1.82. The first kappa shape index (κ1) is 14.0. The highest BCUT2D eigenvalue weighted by Crippen LogP contribution is 2.33. The first-order valence-electron chi connectivity index (χ1n) is 7.04. The number of nitrogens with one attached hydrogen (secondary N) is 1. The minimum Gasteiger partial charge on any atom is -0.339 e. The lowest BCUT2D eigenvalue weighted by atomic mass is 9.81. The number of rotatable bonds is 5. The zero-order valence-corrected chi connectivity index (χ0v) is 11.9. The van der Waals surface area contributed by atoms with Crippen molar-refractivity contribution in [1.82, 2.24) is 15.2 Å². The Balaban J connectivity index is 2.05. The van der Waals surface area contributed by atoms with E-state index in [4.69, 9.17) is 0 Å². The summed E-state index contributed by atoms with van der Waals surface area (Å²) in [6.07, 6.45) is 4.73. The second-order valence-electron chi connectivity index (χ2n) is 5.44. The maximum absolute atomic E-state index is 12.7. The van der Waals surface area contributed by atoms with E-state index in [-0.39, 0.29) is 11.3 Å². The summed E-state index contributed by atoms with van der Waals surface area (Å²) in [5, 5.41) is 3.33. The van der Waals surface area contributed by atoms with E-state index in [1.807, 2.05) is 30.1 Å². The van der Waals surface area contributed by atoms with Gasteiger partial charge in [-0.15, -0.1) is 0 Å². The van der Waals surface area contributed by atoms with E-state index in [2.05, 4.69) is 17.2 Å². The van der Waals surface area contributed by atoms with Crippen LogP contribution in [0.25, 0.3) is 0 Å². The lowest BCUT2D eigenvalue weighted by molar-refractivity contribution is -0.140. The Morgan fingerprint density at radius 1 is 1.53 bits per heavy atom. The van der Waals surface area contributed by atoms with Crippen LogP contribution in [-0.2, 0) is 11.3 Å². The fourth-order valence-corrected chi connectivity index (χ4v) is 2.94. The van der Waals surface area contributed by atoms with Crippen molar-refractivity contribution in [3.63, 3.8) is 0 Å². The predicted molar refractivity (Wildman–Crippen MR) is 75.5 cm³/mol. The number of carbonyl (C=O) groups excluding carboxylic acids is 1. The normalized spacial score (nSPS) is 22.4. The van der Waals surface area contributed by atoms with Crippen LogP contribution in [0.15, 0.2) is 24.4 Å². The summed E-state index contributed by atoms with van der Waals surface area (Å²) in [5.74, 6) is 0.255. The van der Waals surface area contributed by atoms with Gasteiger partial charge in [-0.2, -0.15) is 0 Å². The molecule has 2 rings (SSSR count). The monoisotopic (exact) mass is 261 g/mol. The Labute approximate surface area is 115 Å². The zero-order chi connectivity index (χ0) is 13.7. The molecule has 4 nitrogen and oxygen atoms in total. The van der Waals surface area contributed by atoms with Gasteiger partial charge in [-0.1, -0.05) is 19.4 Å². The van der Waals surface area contributed by atoms with Crippen LogP contribution in [0.5, 0.6) is 0 Å². The van der Waals surface area contributed by atoms with Gasteiger partial charge in [-0.05, 0) is 31.5 Å². The molecule has 1 aliphatic heterocycles. The number of nitrogens with zero attached hydrogens (tertiary/aromatic N) is 2. The van der Waals surface area contributed by atoms with Crippen molar-refractivity contribution in [2.75, 3.05) is 20.1 Å². The van der Waals surface area contributed by atoms with Gasteiger partial charge in [0.25, 0.3) is 0 Å². The molecule has 1 fully saturated rings. The maximum atomic E-state index is 12.7. The van der Waals surface area contributed by atoms with Gasteiger partial charge in [0.2, 0.25) is 5.91 Å². The van der Waals surface area contributed by atoms with Crippen molar-refractivity contribution in [1.29, 1.82) is 0 Å². The third-order valence-corrected chi connectivity index (χ3v) is 3.90. The molecule has 0 saturated carbocycles. The molecule has 1 saturated heterocycles. The van der Waals surface area contributed by atoms with Gasteiger partial charge >= 0.3 is 0 Å². The summed E-state index contributed by atoms with van der Waals surface area (Å²) in [7, 11) is 1.88. The van der Waals surface area contributed by atoms with Gasteiger partial charge < -0.3 is 10.2 Å². The number of aromatic nitrogens is 1. The Morgan fingerprint density at radius 3 is 2.95 bits per heavy atom. The van der Waals surface area contributed by atoms with Crippen molar-refractivity contribution in [2.45, 2.75) is 32.7 Å². The standard InChI is InChI=1S/C15H23N3O/c1-3-7-15(8-10-16-12-15)14(19)18(2)11-13-6-4-5-9-17-13/h4-6,9,16H,3,7-8,10-12H2,1-2H3. The molecule has 1 unspecified atom stereocenters. The van der Waals surface area contributed by atoms with Gasteiger partial charge in [0.1, 0.15) is 0 Å². The zero-order valence-electron chi connectivity index (χ0n) is 11.9. The third-order valence-electron chi connectivity index (χ3n) is 3.90. The summed E-state index contributed by atoms with van der Waals surface area (Å²) < 4.78 is 0. The van der Waals surface area contributed by atoms with Crippen LogP contribution in [0.4, 0.5) is 0 Å². The summed E-state index contributed by atoms with van der Waals surface area (Å²) in [6.45, 7) is 4.49. The highest BCUT2D eigenvalue weighted by Gasteiger charge is 2.41. The highest BCUT2D eigenvalue weighted by atomic mass is 16.2. The summed E-state index contributed by atoms with van der Waals surface area (Å²) in [5.41, 5.74) is 0.745. The van der Waals surface area contributed by atoms with Crippen molar-refractivity contribution < 1.29 is 4.79 Å². The number of hydrogen-bond acceptors (Lipinski definition) is 3. The molecule has 1 aromatic rings. The first-order valence-corrected chi connectivity index (χ1v) is 7.04. The Bertz CT molecular complexity index is 413. The molecule has 0 spiro atoms. The molecule has 0 aliphatic carbocycles. The quantitative estimate of drug-likeness (QED) is 0.879. The fourth-order valence-electron chi connectivity index (χ4n) is 2.94. The lowest BCUT2D eigenvalue weighted by Crippen LogP contribution is -2.43. The Kier molecular flexibility index (Phi) is 4.53. The summed E-state index contributed by atoms with van der Waals surface area (Å²) in [4.78, 5) is 18.8. The fraction of sp³-hybridized carbons (Fsp3) is 0.600. The average molecular weight is 261 g/mol. The van der Waals surface area contributed by atoms with Crippen LogP contribution >= 0.6 is 0 Å². The van der Waals surface area contributed by atoms with E-state index in [0.717, 1.165) is 38.0 Å². The first-order chi connectivity index (χ1) is 9.18. The largest absolute Gasteiger partial charge is 0.339 e. The molecule has 0 aromatic carbocycles. The minimum atomic E-state index is -0.196. The molecular formula is C15H23N3O. The molecule has 0 bridgehead atoms. The average Bonchev–Trinajstić information content (AvgIpc) is 2.89. The number of hydrogen-bond donors (Lipinski definition) is 1. The van der Waals surface area contributed by atoms with E-state index in [1.54, 1.807) is 6.20 Å². The molecule has 19 heavy (non-hydrogen) atoms. The van der Waals surface area contributed by atoms with E-state index in [1.165, 1.54) is 0 Å². The van der Waals surface area contributed by atoms with Crippen molar-refractivity contribution in [3.05, 3.63) is 30.1 Å². The molecule has 2 heterocycles. The van der Waals surface area contributed by atoms with Crippen LogP contribution in [0.1, 0.15) is 31.9 Å². The van der Waals surface area contributed by atoms with Crippen molar-refractivity contribution >= 4 is 5.91 Å². The van der Waals surface area contributed by atoms with Crippen LogP contribution in [0, 0.1) is 5.41 Å². The molecule has 0 radical (unpaired) electrons. The van der Waals surface area contributed by atoms with Crippen LogP contribution < -0.4 is 5.32 Å². The second kappa shape index (κ2) is 6.15. The Hall–Kier alpha value is -1.42. The minimum absolute atomic E-state index is 0.196. The van der Waals surface area contributed by atoms with Gasteiger partial charge in [-0.25, -0.2) is 0 Å². The van der Waals surface area contributed by atoms with Gasteiger partial charge in [-0.3, -0.25) is 9.78 Å². The van der Waals surface area contributed by atoms with Crippen LogP contribution in [-0.4, -0.2) is 35.9 Å². The summed E-state index contributed by atoms with van der Waals surface area (Å²) >= 11 is 0. The van der Waals surface area contributed by atoms with Crippen molar-refractivity contribution in [3.8, 4) is 0 Å². The van der Waals surface area contributed by atoms with Crippen LogP contribution in [0.3, 0.4) is 0 Å². The smallest absolute Gasteiger partial charge is 0.230 e. The molecule has 1 aliphatic rings. The molecule has 4 heteroatoms. The topological polar surface area (TPSA) is 45.2 Å². The SMILES string of the molecule is CCCC1(C(=O)N(C)Cc2ccccn2)CCNC1. The lowest BCUT2D eigenvalue weighted by Gasteiger charge is -2.31. The maximum Gasteiger partial charge on any atom is 0.230 e. The van der Waals surface area contributed by atoms with Gasteiger partial charge in [0.15, 0.2) is 0 Å². The van der Waals surface area contributed by atoms with E-state index in [0.29, 0.717) is 6.54 Å². The van der Waals surface area contributed by atoms with Crippen molar-refractivity contribution in [2.24, 2.45) is 5.41 Å².